The second-order valence-electron chi connectivity index (χ2n) is 11.8. The summed E-state index contributed by atoms with van der Waals surface area (Å²) in [6, 6.07) is 11.2. The van der Waals surface area contributed by atoms with Crippen LogP contribution in [0, 0.1) is 6.92 Å². The molecule has 2 saturated heterocycles. The Labute approximate surface area is 229 Å². The summed E-state index contributed by atoms with van der Waals surface area (Å²) in [5, 5.41) is 11.9. The second-order valence-corrected chi connectivity index (χ2v) is 11.8. The molecule has 2 aliphatic rings. The van der Waals surface area contributed by atoms with Crippen LogP contribution in [-0.2, 0) is 20.8 Å². The van der Waals surface area contributed by atoms with Crippen molar-refractivity contribution in [1.29, 1.82) is 0 Å². The van der Waals surface area contributed by atoms with E-state index >= 15 is 0 Å². The molecule has 1 spiro atoms. The number of hydrogen-bond acceptors (Lipinski definition) is 7. The largest absolute Gasteiger partial charge is 0.508 e. The van der Waals surface area contributed by atoms with E-state index in [2.05, 4.69) is 4.90 Å². The number of likely N-dealkylation sites (tertiary alicyclic amines) is 1. The van der Waals surface area contributed by atoms with Gasteiger partial charge in [0.15, 0.2) is 0 Å². The Kier molecular flexibility index (Phi) is 7.20. The Bertz CT molecular complexity index is 1380. The number of esters is 1. The van der Waals surface area contributed by atoms with Crippen LogP contribution in [0.1, 0.15) is 79.5 Å². The number of aromatic nitrogens is 1. The molecule has 39 heavy (non-hydrogen) atoms. The first-order chi connectivity index (χ1) is 18.5. The van der Waals surface area contributed by atoms with Crippen molar-refractivity contribution in [2.45, 2.75) is 77.2 Å². The van der Waals surface area contributed by atoms with Gasteiger partial charge in [-0.25, -0.2) is 9.59 Å². The molecule has 2 fully saturated rings. The van der Waals surface area contributed by atoms with Crippen LogP contribution in [0.25, 0.3) is 10.9 Å². The van der Waals surface area contributed by atoms with Gasteiger partial charge in [-0.2, -0.15) is 0 Å². The van der Waals surface area contributed by atoms with Gasteiger partial charge in [-0.15, -0.1) is 0 Å². The third-order valence-electron chi connectivity index (χ3n) is 7.96. The van der Waals surface area contributed by atoms with Gasteiger partial charge in [0.2, 0.25) is 0 Å². The molecule has 2 aromatic carbocycles. The molecule has 0 bridgehead atoms. The van der Waals surface area contributed by atoms with Gasteiger partial charge in [-0.3, -0.25) is 9.47 Å². The van der Waals surface area contributed by atoms with Crippen molar-refractivity contribution in [3.63, 3.8) is 0 Å². The van der Waals surface area contributed by atoms with Gasteiger partial charge in [0.1, 0.15) is 11.4 Å². The fourth-order valence-electron chi connectivity index (χ4n) is 6.09. The van der Waals surface area contributed by atoms with Crippen LogP contribution in [0.4, 0.5) is 4.79 Å². The number of carbonyl (C=O) groups excluding carboxylic acids is 2. The van der Waals surface area contributed by atoms with Crippen LogP contribution in [0.2, 0.25) is 0 Å². The van der Waals surface area contributed by atoms with Crippen molar-refractivity contribution in [3.05, 3.63) is 64.8 Å². The van der Waals surface area contributed by atoms with E-state index in [9.17, 15) is 14.7 Å². The molecule has 0 amide bonds. The van der Waals surface area contributed by atoms with E-state index in [1.54, 1.807) is 24.4 Å². The minimum atomic E-state index is -0.621. The lowest BCUT2D eigenvalue weighted by Crippen LogP contribution is -2.45. The van der Waals surface area contributed by atoms with E-state index in [1.165, 1.54) is 11.7 Å². The number of methoxy groups -OCH3 is 1. The molecule has 0 aliphatic carbocycles. The van der Waals surface area contributed by atoms with Crippen LogP contribution >= 0.6 is 0 Å². The van der Waals surface area contributed by atoms with Crippen molar-refractivity contribution < 1.29 is 28.9 Å². The van der Waals surface area contributed by atoms with Crippen molar-refractivity contribution in [2.75, 3.05) is 20.3 Å². The fourth-order valence-corrected chi connectivity index (χ4v) is 6.09. The Morgan fingerprint density at radius 2 is 1.90 bits per heavy atom. The predicted octanol–water partition coefficient (Wildman–Crippen LogP) is 6.11. The van der Waals surface area contributed by atoms with Crippen molar-refractivity contribution >= 4 is 23.0 Å². The molecule has 1 aromatic heterocycles. The van der Waals surface area contributed by atoms with Gasteiger partial charge in [0.25, 0.3) is 0 Å². The quantitative estimate of drug-likeness (QED) is 0.404. The van der Waals surface area contributed by atoms with Gasteiger partial charge in [0, 0.05) is 42.9 Å². The molecule has 2 atom stereocenters. The number of fused-ring (bicyclic) bond motifs is 1. The summed E-state index contributed by atoms with van der Waals surface area (Å²) in [4.78, 5) is 27.4. The number of phenolic OH excluding ortho intramolecular Hbond substituents is 1. The molecule has 1 unspecified atom stereocenters. The lowest BCUT2D eigenvalue weighted by atomic mass is 9.81. The smallest absolute Gasteiger partial charge is 0.419 e. The lowest BCUT2D eigenvalue weighted by Gasteiger charge is -2.45. The van der Waals surface area contributed by atoms with E-state index in [0.717, 1.165) is 66.4 Å². The zero-order valence-electron chi connectivity index (χ0n) is 23.5. The first kappa shape index (κ1) is 27.2. The topological polar surface area (TPSA) is 90.2 Å². The summed E-state index contributed by atoms with van der Waals surface area (Å²) in [6.45, 7) is 9.50. The first-order valence-electron chi connectivity index (χ1n) is 13.6. The van der Waals surface area contributed by atoms with E-state index in [-0.39, 0.29) is 23.4 Å². The Morgan fingerprint density at radius 3 is 2.54 bits per heavy atom. The average molecular weight is 535 g/mol. The molecule has 8 nitrogen and oxygen atoms in total. The number of piperidine rings is 1. The highest BCUT2D eigenvalue weighted by Gasteiger charge is 2.43. The summed E-state index contributed by atoms with van der Waals surface area (Å²) in [7, 11) is 1.38. The molecule has 3 heterocycles. The van der Waals surface area contributed by atoms with Gasteiger partial charge in [-0.05, 0) is 88.8 Å². The highest BCUT2D eigenvalue weighted by atomic mass is 16.6. The first-order valence-corrected chi connectivity index (χ1v) is 13.6. The number of carbonyl (C=O) groups is 2. The number of ether oxygens (including phenoxy) is 3. The summed E-state index contributed by atoms with van der Waals surface area (Å²) >= 11 is 0. The highest BCUT2D eigenvalue weighted by molar-refractivity contribution is 5.95. The molecule has 2 aliphatic heterocycles. The van der Waals surface area contributed by atoms with Crippen LogP contribution in [0.3, 0.4) is 0 Å². The van der Waals surface area contributed by atoms with Gasteiger partial charge in [-0.1, -0.05) is 12.1 Å². The second kappa shape index (κ2) is 10.3. The maximum Gasteiger partial charge on any atom is 0.419 e. The van der Waals surface area contributed by atoms with E-state index in [4.69, 9.17) is 14.2 Å². The Balaban J connectivity index is 1.50. The number of benzene rings is 2. The number of hydrogen-bond donors (Lipinski definition) is 1. The summed E-state index contributed by atoms with van der Waals surface area (Å²) in [5.41, 5.74) is 3.15. The molecule has 5 rings (SSSR count). The van der Waals surface area contributed by atoms with Crippen molar-refractivity contribution in [1.82, 2.24) is 9.47 Å². The molecule has 0 saturated carbocycles. The highest BCUT2D eigenvalue weighted by Crippen LogP contribution is 2.45. The number of aryl methyl sites for hydroxylation is 1. The molecule has 208 valence electrons. The normalized spacial score (nSPS) is 21.9. The van der Waals surface area contributed by atoms with E-state index < -0.39 is 11.7 Å². The zero-order chi connectivity index (χ0) is 27.9. The molecule has 1 N–H and O–H groups in total. The number of nitrogens with zero attached hydrogens (tertiary/aromatic N) is 2. The SMILES string of the molecule is COC(=O)c1ccc([C@@H]2CC3(CCCO3)CCN2Cc2c(O)cc(C)c3c2ccn3C(=O)OC(C)(C)C)cc1. The van der Waals surface area contributed by atoms with E-state index in [0.29, 0.717) is 12.1 Å². The monoisotopic (exact) mass is 534 g/mol. The molecule has 8 heteroatoms. The van der Waals surface area contributed by atoms with Gasteiger partial charge in [0.05, 0.1) is 23.8 Å². The molecular formula is C31H38N2O6. The lowest BCUT2D eigenvalue weighted by molar-refractivity contribution is -0.0676. The van der Waals surface area contributed by atoms with Crippen LogP contribution in [0.15, 0.2) is 42.6 Å². The van der Waals surface area contributed by atoms with Crippen LogP contribution in [-0.4, -0.2) is 58.1 Å². The number of rotatable bonds is 4. The summed E-state index contributed by atoms with van der Waals surface area (Å²) < 4.78 is 18.3. The Hall–Kier alpha value is -3.36. The van der Waals surface area contributed by atoms with Gasteiger partial charge < -0.3 is 19.3 Å². The molecule has 0 radical (unpaired) electrons. The van der Waals surface area contributed by atoms with Crippen molar-refractivity contribution in [2.24, 2.45) is 0 Å². The van der Waals surface area contributed by atoms with Crippen LogP contribution in [0.5, 0.6) is 5.75 Å². The molecular weight excluding hydrogens is 496 g/mol. The standard InChI is InChI=1S/C31H38N2O6/c1-20-17-26(34)24(23-11-14-33(27(20)23)29(36)39-30(2,3)4)19-32-15-13-31(12-6-16-38-31)18-25(32)21-7-9-22(10-8-21)28(35)37-5/h7-11,14,17,25,34H,6,12-13,15-16,18-19H2,1-5H3/t25-,31?/m0/s1. The number of aromatic hydroxyl groups is 1. The third kappa shape index (κ3) is 5.40. The van der Waals surface area contributed by atoms with Crippen LogP contribution < -0.4 is 0 Å². The van der Waals surface area contributed by atoms with Gasteiger partial charge >= 0.3 is 12.1 Å². The maximum atomic E-state index is 13.0. The minimum absolute atomic E-state index is 0.0345. The predicted molar refractivity (Wildman–Crippen MR) is 148 cm³/mol. The van der Waals surface area contributed by atoms with E-state index in [1.807, 2.05) is 45.9 Å². The number of phenols is 1. The molecule has 3 aromatic rings. The summed E-state index contributed by atoms with van der Waals surface area (Å²) in [6.07, 6.45) is 5.12. The maximum absolute atomic E-state index is 13.0. The van der Waals surface area contributed by atoms with Crippen molar-refractivity contribution in [3.8, 4) is 5.75 Å². The Morgan fingerprint density at radius 1 is 1.15 bits per heavy atom. The minimum Gasteiger partial charge on any atom is -0.508 e. The third-order valence-corrected chi connectivity index (χ3v) is 7.96. The summed E-state index contributed by atoms with van der Waals surface area (Å²) in [5.74, 6) is -0.154. The average Bonchev–Trinajstić information content (AvgIpc) is 3.54. The zero-order valence-corrected chi connectivity index (χ0v) is 23.5. The fraction of sp³-hybridized carbons (Fsp3) is 0.484.